The van der Waals surface area contributed by atoms with Crippen LogP contribution in [0.15, 0.2) is 30.3 Å². The summed E-state index contributed by atoms with van der Waals surface area (Å²) in [5.74, 6) is 0. The molecular formula is C13H18Cl2Si. The molecule has 3 heteroatoms. The van der Waals surface area contributed by atoms with Gasteiger partial charge in [0, 0.05) is 0 Å². The van der Waals surface area contributed by atoms with Crippen LogP contribution in [0, 0.1) is 0 Å². The van der Waals surface area contributed by atoms with Crippen molar-refractivity contribution in [3.8, 4) is 0 Å². The fraction of sp³-hybridized carbons (Fsp3) is 0.538. The minimum atomic E-state index is -2.10. The summed E-state index contributed by atoms with van der Waals surface area (Å²) in [6.45, 7) is -2.10. The molecule has 1 fully saturated rings. The Balaban J connectivity index is 2.01. The third-order valence-corrected chi connectivity index (χ3v) is 8.79. The number of halogens is 2. The van der Waals surface area contributed by atoms with Gasteiger partial charge in [0.1, 0.15) is 0 Å². The van der Waals surface area contributed by atoms with Crippen LogP contribution in [0.2, 0.25) is 5.54 Å². The predicted molar refractivity (Wildman–Crippen MR) is 74.4 cm³/mol. The summed E-state index contributed by atoms with van der Waals surface area (Å²) >= 11 is 13.3. The second kappa shape index (κ2) is 5.57. The molecule has 1 saturated carbocycles. The van der Waals surface area contributed by atoms with Crippen LogP contribution in [0.3, 0.4) is 0 Å². The molecule has 0 heterocycles. The first kappa shape index (κ1) is 12.5. The highest BCUT2D eigenvalue weighted by atomic mass is 35.7. The lowest BCUT2D eigenvalue weighted by atomic mass is 10.0. The molecule has 16 heavy (non-hydrogen) atoms. The van der Waals surface area contributed by atoms with E-state index in [4.69, 9.17) is 22.2 Å². The van der Waals surface area contributed by atoms with E-state index in [9.17, 15) is 0 Å². The zero-order valence-corrected chi connectivity index (χ0v) is 12.0. The van der Waals surface area contributed by atoms with Gasteiger partial charge in [-0.05, 0) is 17.1 Å². The molecular weight excluding hydrogens is 255 g/mol. The van der Waals surface area contributed by atoms with Crippen LogP contribution in [0.25, 0.3) is 0 Å². The smallest absolute Gasteiger partial charge is 0.145 e. The van der Waals surface area contributed by atoms with E-state index in [2.05, 4.69) is 24.3 Å². The number of hydrogen-bond donors (Lipinski definition) is 0. The Bertz CT molecular complexity index is 318. The summed E-state index contributed by atoms with van der Waals surface area (Å²) in [6, 6.07) is 11.3. The molecule has 0 unspecified atom stereocenters. The van der Waals surface area contributed by atoms with E-state index < -0.39 is 6.69 Å². The van der Waals surface area contributed by atoms with E-state index in [0.29, 0.717) is 5.54 Å². The molecule has 1 aromatic carbocycles. The summed E-state index contributed by atoms with van der Waals surface area (Å²) < 4.78 is 0. The maximum absolute atomic E-state index is 6.65. The van der Waals surface area contributed by atoms with Gasteiger partial charge in [-0.1, -0.05) is 62.4 Å². The van der Waals surface area contributed by atoms with E-state index in [1.54, 1.807) is 0 Å². The number of benzene rings is 1. The molecule has 0 bridgehead atoms. The topological polar surface area (TPSA) is 0 Å². The van der Waals surface area contributed by atoms with Gasteiger partial charge in [-0.3, -0.25) is 0 Å². The van der Waals surface area contributed by atoms with E-state index in [0.717, 1.165) is 6.04 Å². The van der Waals surface area contributed by atoms with Crippen LogP contribution in [0.1, 0.15) is 37.7 Å². The molecule has 0 radical (unpaired) electrons. The van der Waals surface area contributed by atoms with E-state index >= 15 is 0 Å². The van der Waals surface area contributed by atoms with E-state index in [-0.39, 0.29) is 0 Å². The lowest BCUT2D eigenvalue weighted by Crippen LogP contribution is -2.32. The number of hydrogen-bond acceptors (Lipinski definition) is 0. The summed E-state index contributed by atoms with van der Waals surface area (Å²) in [6.07, 6.45) is 6.47. The molecule has 1 aromatic rings. The van der Waals surface area contributed by atoms with Crippen molar-refractivity contribution < 1.29 is 0 Å². The van der Waals surface area contributed by atoms with Crippen LogP contribution < -0.4 is 0 Å². The van der Waals surface area contributed by atoms with Gasteiger partial charge in [0.05, 0.1) is 0 Å². The summed E-state index contributed by atoms with van der Waals surface area (Å²) in [7, 11) is 0. The maximum Gasteiger partial charge on any atom is 0.258 e. The summed E-state index contributed by atoms with van der Waals surface area (Å²) in [5.41, 5.74) is 1.90. The van der Waals surface area contributed by atoms with Gasteiger partial charge in [0.25, 0.3) is 6.69 Å². The second-order valence-corrected chi connectivity index (χ2v) is 12.1. The molecule has 0 amide bonds. The predicted octanol–water partition coefficient (Wildman–Crippen LogP) is 5.02. The van der Waals surface area contributed by atoms with Crippen molar-refractivity contribution in [1.29, 1.82) is 0 Å². The minimum Gasteiger partial charge on any atom is -0.145 e. The molecule has 0 spiro atoms. The molecule has 0 aliphatic heterocycles. The average molecular weight is 273 g/mol. The highest BCUT2D eigenvalue weighted by Gasteiger charge is 2.38. The molecule has 2 rings (SSSR count). The second-order valence-electron chi connectivity index (χ2n) is 4.76. The molecule has 1 aliphatic carbocycles. The van der Waals surface area contributed by atoms with E-state index in [1.807, 2.05) is 6.07 Å². The van der Waals surface area contributed by atoms with Gasteiger partial charge >= 0.3 is 0 Å². The first-order valence-corrected chi connectivity index (χ1v) is 10.4. The van der Waals surface area contributed by atoms with Crippen LogP contribution >= 0.6 is 22.2 Å². The third-order valence-electron chi connectivity index (χ3n) is 3.49. The highest BCUT2D eigenvalue weighted by Crippen LogP contribution is 2.42. The Morgan fingerprint density at radius 3 is 2.25 bits per heavy atom. The Hall–Kier alpha value is 0.0169. The first-order chi connectivity index (χ1) is 7.68. The van der Waals surface area contributed by atoms with Crippen molar-refractivity contribution in [2.75, 3.05) is 0 Å². The van der Waals surface area contributed by atoms with Crippen molar-refractivity contribution in [3.05, 3.63) is 35.9 Å². The van der Waals surface area contributed by atoms with Gasteiger partial charge in [-0.2, -0.15) is 0 Å². The zero-order chi connectivity index (χ0) is 11.4. The molecule has 0 N–H and O–H groups in total. The summed E-state index contributed by atoms with van der Waals surface area (Å²) in [4.78, 5) is 0. The molecule has 88 valence electrons. The van der Waals surface area contributed by atoms with Crippen LogP contribution in [0.4, 0.5) is 0 Å². The van der Waals surface area contributed by atoms with Crippen molar-refractivity contribution in [3.63, 3.8) is 0 Å². The molecule has 0 aromatic heterocycles. The average Bonchev–Trinajstić information content (AvgIpc) is 2.31. The van der Waals surface area contributed by atoms with Gasteiger partial charge in [0.15, 0.2) is 0 Å². The highest BCUT2D eigenvalue weighted by molar-refractivity contribution is 7.45. The fourth-order valence-corrected chi connectivity index (χ4v) is 7.09. The van der Waals surface area contributed by atoms with Crippen LogP contribution in [0.5, 0.6) is 0 Å². The van der Waals surface area contributed by atoms with Crippen LogP contribution in [-0.2, 0) is 6.04 Å². The van der Waals surface area contributed by atoms with Crippen molar-refractivity contribution in [2.45, 2.75) is 43.7 Å². The Kier molecular flexibility index (Phi) is 4.34. The van der Waals surface area contributed by atoms with Gasteiger partial charge in [-0.15, -0.1) is 22.2 Å². The lowest BCUT2D eigenvalue weighted by Gasteiger charge is -2.30. The van der Waals surface area contributed by atoms with Crippen molar-refractivity contribution in [2.24, 2.45) is 0 Å². The Morgan fingerprint density at radius 1 is 1.00 bits per heavy atom. The summed E-state index contributed by atoms with van der Waals surface area (Å²) in [5, 5.41) is 0. The van der Waals surface area contributed by atoms with Gasteiger partial charge < -0.3 is 0 Å². The van der Waals surface area contributed by atoms with E-state index in [1.165, 1.54) is 37.7 Å². The monoisotopic (exact) mass is 272 g/mol. The molecule has 1 aliphatic rings. The Morgan fingerprint density at radius 2 is 1.62 bits per heavy atom. The standard InChI is InChI=1S/C13H18Cl2Si/c14-16(15,13-9-5-2-6-10-13)11-12-7-3-1-4-8-12/h1,3-4,7-8,13H,2,5-6,9-11H2. The quantitative estimate of drug-likeness (QED) is 0.535. The fourth-order valence-electron chi connectivity index (χ4n) is 2.54. The Labute approximate surface area is 108 Å². The first-order valence-electron chi connectivity index (χ1n) is 6.10. The number of rotatable bonds is 3. The molecule has 0 nitrogen and oxygen atoms in total. The van der Waals surface area contributed by atoms with Crippen molar-refractivity contribution in [1.82, 2.24) is 0 Å². The van der Waals surface area contributed by atoms with Gasteiger partial charge in [0.2, 0.25) is 0 Å². The maximum atomic E-state index is 6.65. The molecule has 0 saturated heterocycles. The molecule has 0 atom stereocenters. The third kappa shape index (κ3) is 3.25. The lowest BCUT2D eigenvalue weighted by molar-refractivity contribution is 0.496. The largest absolute Gasteiger partial charge is 0.258 e. The van der Waals surface area contributed by atoms with Gasteiger partial charge in [-0.25, -0.2) is 0 Å². The SMILES string of the molecule is Cl[Si](Cl)(Cc1ccccc1)C1CCCCC1. The minimum absolute atomic E-state index is 0.602. The van der Waals surface area contributed by atoms with Crippen molar-refractivity contribution >= 4 is 28.9 Å². The normalized spacial score (nSPS) is 18.6. The van der Waals surface area contributed by atoms with Crippen LogP contribution in [-0.4, -0.2) is 6.69 Å². The zero-order valence-electron chi connectivity index (χ0n) is 9.46.